The largest absolute Gasteiger partial charge is 0.478 e. The summed E-state index contributed by atoms with van der Waals surface area (Å²) in [6.07, 6.45) is 7.23. The third kappa shape index (κ3) is 2.27. The first-order chi connectivity index (χ1) is 7.94. The SMILES string of the molecule is C=C(C(=O)O)C1CCC2(C)CCCC(C)C2C1. The molecule has 1 N–H and O–H groups in total. The highest BCUT2D eigenvalue weighted by Gasteiger charge is 2.45. The van der Waals surface area contributed by atoms with Gasteiger partial charge in [-0.3, -0.25) is 0 Å². The van der Waals surface area contributed by atoms with E-state index in [1.807, 2.05) is 0 Å². The molecule has 4 atom stereocenters. The molecule has 2 aliphatic rings. The quantitative estimate of drug-likeness (QED) is 0.739. The van der Waals surface area contributed by atoms with Crippen LogP contribution in [0.15, 0.2) is 12.2 Å². The number of rotatable bonds is 2. The monoisotopic (exact) mass is 236 g/mol. The van der Waals surface area contributed by atoms with Crippen molar-refractivity contribution in [1.82, 2.24) is 0 Å². The van der Waals surface area contributed by atoms with Gasteiger partial charge in [0.1, 0.15) is 0 Å². The number of hydrogen-bond acceptors (Lipinski definition) is 1. The zero-order valence-electron chi connectivity index (χ0n) is 11.0. The first-order valence-corrected chi connectivity index (χ1v) is 6.86. The molecule has 2 heteroatoms. The number of aliphatic carboxylic acids is 1. The lowest BCUT2D eigenvalue weighted by atomic mass is 9.54. The van der Waals surface area contributed by atoms with Gasteiger partial charge in [0.25, 0.3) is 0 Å². The summed E-state index contributed by atoms with van der Waals surface area (Å²) in [6, 6.07) is 0. The fourth-order valence-electron chi connectivity index (χ4n) is 4.15. The van der Waals surface area contributed by atoms with Crippen molar-refractivity contribution in [3.63, 3.8) is 0 Å². The minimum Gasteiger partial charge on any atom is -0.478 e. The van der Waals surface area contributed by atoms with Crippen molar-refractivity contribution in [2.75, 3.05) is 0 Å². The van der Waals surface area contributed by atoms with E-state index in [2.05, 4.69) is 20.4 Å². The fourth-order valence-corrected chi connectivity index (χ4v) is 4.15. The van der Waals surface area contributed by atoms with Crippen molar-refractivity contribution in [2.45, 2.75) is 52.4 Å². The molecule has 2 fully saturated rings. The van der Waals surface area contributed by atoms with Gasteiger partial charge in [-0.1, -0.05) is 33.3 Å². The van der Waals surface area contributed by atoms with E-state index < -0.39 is 5.97 Å². The standard InChI is InChI=1S/C15H24O2/c1-10-5-4-7-15(3)8-6-12(9-13(10)15)11(2)14(16)17/h10,12-13H,2,4-9H2,1,3H3,(H,16,17). The van der Waals surface area contributed by atoms with Gasteiger partial charge in [-0.25, -0.2) is 4.79 Å². The third-order valence-corrected chi connectivity index (χ3v) is 5.36. The summed E-state index contributed by atoms with van der Waals surface area (Å²) in [5, 5.41) is 9.06. The minimum absolute atomic E-state index is 0.214. The molecule has 2 aliphatic carbocycles. The highest BCUT2D eigenvalue weighted by molar-refractivity contribution is 5.86. The van der Waals surface area contributed by atoms with Crippen molar-refractivity contribution in [1.29, 1.82) is 0 Å². The van der Waals surface area contributed by atoms with E-state index in [0.717, 1.165) is 18.8 Å². The van der Waals surface area contributed by atoms with Crippen LogP contribution in [0.2, 0.25) is 0 Å². The van der Waals surface area contributed by atoms with Crippen LogP contribution in [-0.2, 0) is 4.79 Å². The molecule has 0 aliphatic heterocycles. The molecule has 96 valence electrons. The van der Waals surface area contributed by atoms with Gasteiger partial charge in [0, 0.05) is 5.57 Å². The molecule has 0 heterocycles. The smallest absolute Gasteiger partial charge is 0.331 e. The highest BCUT2D eigenvalue weighted by atomic mass is 16.4. The van der Waals surface area contributed by atoms with Gasteiger partial charge in [0.15, 0.2) is 0 Å². The minimum atomic E-state index is -0.804. The van der Waals surface area contributed by atoms with Gasteiger partial charge < -0.3 is 5.11 Å². The summed E-state index contributed by atoms with van der Waals surface area (Å²) in [7, 11) is 0. The summed E-state index contributed by atoms with van der Waals surface area (Å²) >= 11 is 0. The first-order valence-electron chi connectivity index (χ1n) is 6.86. The summed E-state index contributed by atoms with van der Waals surface area (Å²) < 4.78 is 0. The Hall–Kier alpha value is -0.790. The average Bonchev–Trinajstić information content (AvgIpc) is 2.27. The van der Waals surface area contributed by atoms with E-state index in [4.69, 9.17) is 5.11 Å². The molecule has 0 spiro atoms. The van der Waals surface area contributed by atoms with Crippen molar-refractivity contribution >= 4 is 5.97 Å². The number of fused-ring (bicyclic) bond motifs is 1. The predicted octanol–water partition coefficient (Wildman–Crippen LogP) is 3.87. The Morgan fingerprint density at radius 3 is 2.71 bits per heavy atom. The summed E-state index contributed by atoms with van der Waals surface area (Å²) in [5.41, 5.74) is 0.900. The Morgan fingerprint density at radius 2 is 2.06 bits per heavy atom. The Kier molecular flexibility index (Phi) is 3.33. The van der Waals surface area contributed by atoms with Gasteiger partial charge in [-0.2, -0.15) is 0 Å². The van der Waals surface area contributed by atoms with E-state index in [-0.39, 0.29) is 5.92 Å². The maximum Gasteiger partial charge on any atom is 0.331 e. The van der Waals surface area contributed by atoms with Crippen LogP contribution >= 0.6 is 0 Å². The molecule has 0 aromatic carbocycles. The molecule has 0 radical (unpaired) electrons. The molecule has 0 aromatic heterocycles. The van der Waals surface area contributed by atoms with Gasteiger partial charge in [0.2, 0.25) is 0 Å². The van der Waals surface area contributed by atoms with Gasteiger partial charge in [0.05, 0.1) is 0 Å². The molecular formula is C15H24O2. The van der Waals surface area contributed by atoms with Crippen molar-refractivity contribution in [2.24, 2.45) is 23.2 Å². The molecule has 2 saturated carbocycles. The van der Waals surface area contributed by atoms with Crippen LogP contribution < -0.4 is 0 Å². The Bertz CT molecular complexity index is 334. The van der Waals surface area contributed by atoms with E-state index in [0.29, 0.717) is 16.9 Å². The Morgan fingerprint density at radius 1 is 1.35 bits per heavy atom. The Labute approximate surface area is 104 Å². The van der Waals surface area contributed by atoms with E-state index in [1.165, 1.54) is 25.7 Å². The van der Waals surface area contributed by atoms with Crippen LogP contribution in [0.5, 0.6) is 0 Å². The second-order valence-electron chi connectivity index (χ2n) is 6.43. The molecule has 2 rings (SSSR count). The lowest BCUT2D eigenvalue weighted by molar-refractivity contribution is -0.133. The van der Waals surface area contributed by atoms with Gasteiger partial charge >= 0.3 is 5.97 Å². The topological polar surface area (TPSA) is 37.3 Å². The fraction of sp³-hybridized carbons (Fsp3) is 0.800. The first kappa shape index (κ1) is 12.7. The second-order valence-corrected chi connectivity index (χ2v) is 6.43. The summed E-state index contributed by atoms with van der Waals surface area (Å²) in [5.74, 6) is 0.859. The number of carboxylic acid groups (broad SMARTS) is 1. The zero-order chi connectivity index (χ0) is 12.6. The van der Waals surface area contributed by atoms with Crippen LogP contribution in [0, 0.1) is 23.2 Å². The number of hydrogen-bond donors (Lipinski definition) is 1. The average molecular weight is 236 g/mol. The molecular weight excluding hydrogens is 212 g/mol. The molecule has 0 bridgehead atoms. The van der Waals surface area contributed by atoms with Crippen LogP contribution in [0.25, 0.3) is 0 Å². The van der Waals surface area contributed by atoms with Crippen LogP contribution in [0.1, 0.15) is 52.4 Å². The van der Waals surface area contributed by atoms with E-state index in [1.54, 1.807) is 0 Å². The van der Waals surface area contributed by atoms with Crippen LogP contribution in [0.4, 0.5) is 0 Å². The molecule has 0 amide bonds. The molecule has 0 aromatic rings. The van der Waals surface area contributed by atoms with Crippen molar-refractivity contribution in [3.05, 3.63) is 12.2 Å². The maximum absolute atomic E-state index is 11.0. The van der Waals surface area contributed by atoms with Gasteiger partial charge in [-0.05, 0) is 48.9 Å². The molecule has 17 heavy (non-hydrogen) atoms. The number of carbonyl (C=O) groups is 1. The molecule has 4 unspecified atom stereocenters. The maximum atomic E-state index is 11.0. The zero-order valence-corrected chi connectivity index (χ0v) is 11.0. The van der Waals surface area contributed by atoms with Crippen molar-refractivity contribution in [3.8, 4) is 0 Å². The van der Waals surface area contributed by atoms with E-state index in [9.17, 15) is 4.79 Å². The number of carboxylic acids is 1. The molecule has 0 saturated heterocycles. The lowest BCUT2D eigenvalue weighted by Gasteiger charge is -2.50. The second kappa shape index (κ2) is 4.47. The van der Waals surface area contributed by atoms with Crippen molar-refractivity contribution < 1.29 is 9.90 Å². The Balaban J connectivity index is 2.11. The summed E-state index contributed by atoms with van der Waals surface area (Å²) in [4.78, 5) is 11.0. The van der Waals surface area contributed by atoms with E-state index >= 15 is 0 Å². The van der Waals surface area contributed by atoms with Crippen LogP contribution in [0.3, 0.4) is 0 Å². The highest BCUT2D eigenvalue weighted by Crippen LogP contribution is 2.54. The van der Waals surface area contributed by atoms with Crippen LogP contribution in [-0.4, -0.2) is 11.1 Å². The summed E-state index contributed by atoms with van der Waals surface area (Å²) in [6.45, 7) is 8.51. The normalized spacial score (nSPS) is 41.6. The predicted molar refractivity (Wildman–Crippen MR) is 68.7 cm³/mol. The molecule has 2 nitrogen and oxygen atoms in total. The third-order valence-electron chi connectivity index (χ3n) is 5.36. The van der Waals surface area contributed by atoms with Gasteiger partial charge in [-0.15, -0.1) is 0 Å². The lowest BCUT2D eigenvalue weighted by Crippen LogP contribution is -2.41.